The highest BCUT2D eigenvalue weighted by atomic mass is 35.5. The smallest absolute Gasteiger partial charge is 0.243 e. The van der Waals surface area contributed by atoms with Gasteiger partial charge in [0.2, 0.25) is 11.8 Å². The number of hydrogen-bond donors (Lipinski definition) is 3. The molecule has 1 aliphatic rings. The lowest BCUT2D eigenvalue weighted by atomic mass is 9.95. The number of aryl methyl sites for hydroxylation is 1. The maximum absolute atomic E-state index is 12.3. The first-order chi connectivity index (χ1) is 14.0. The second kappa shape index (κ2) is 11.0. The molecule has 1 fully saturated rings. The van der Waals surface area contributed by atoms with E-state index in [1.165, 1.54) is 5.56 Å². The number of anilines is 1. The zero-order valence-corrected chi connectivity index (χ0v) is 18.1. The number of methoxy groups -OCH3 is 1. The molecule has 0 saturated carbocycles. The van der Waals surface area contributed by atoms with Gasteiger partial charge < -0.3 is 21.1 Å². The number of carbonyl (C=O) groups excluding carboxylic acids is 2. The first-order valence-electron chi connectivity index (χ1n) is 9.70. The second-order valence-corrected chi connectivity index (χ2v) is 7.40. The van der Waals surface area contributed by atoms with Crippen LogP contribution in [0.2, 0.25) is 0 Å². The summed E-state index contributed by atoms with van der Waals surface area (Å²) in [5.74, 6) is 0.286. The van der Waals surface area contributed by atoms with Crippen LogP contribution in [-0.2, 0) is 9.59 Å². The summed E-state index contributed by atoms with van der Waals surface area (Å²) in [5.41, 5.74) is 9.05. The standard InChI is InChI=1S/C22H28N4O3.ClH/c1-15-8-9-20(29-2)19(10-15)25-21(27)11-24-22(28)14-26-12-17(18(23)13-26)16-6-4-3-5-7-16;/h3-10,17-18H,11-14,23H2,1-2H3,(H,24,28)(H,25,27);1H/t17-,18+;/m0./s1. The van der Waals surface area contributed by atoms with Crippen molar-refractivity contribution in [3.63, 3.8) is 0 Å². The third kappa shape index (κ3) is 6.19. The van der Waals surface area contributed by atoms with Crippen LogP contribution in [0.4, 0.5) is 5.69 Å². The van der Waals surface area contributed by atoms with Gasteiger partial charge in [0.25, 0.3) is 0 Å². The molecule has 4 N–H and O–H groups in total. The number of nitrogens with one attached hydrogen (secondary N) is 2. The van der Waals surface area contributed by atoms with E-state index in [1.54, 1.807) is 13.2 Å². The topological polar surface area (TPSA) is 96.7 Å². The van der Waals surface area contributed by atoms with E-state index in [9.17, 15) is 9.59 Å². The number of nitrogens with zero attached hydrogens (tertiary/aromatic N) is 1. The van der Waals surface area contributed by atoms with Crippen LogP contribution in [0.5, 0.6) is 5.75 Å². The zero-order valence-electron chi connectivity index (χ0n) is 17.3. The molecule has 7 nitrogen and oxygen atoms in total. The SMILES string of the molecule is COc1ccc(C)cc1NC(=O)CNC(=O)CN1C[C@@H](N)[C@H](c2ccccc2)C1.Cl. The number of benzene rings is 2. The van der Waals surface area contributed by atoms with Crippen LogP contribution in [-0.4, -0.2) is 56.0 Å². The van der Waals surface area contributed by atoms with Crippen molar-refractivity contribution in [3.05, 3.63) is 59.7 Å². The second-order valence-electron chi connectivity index (χ2n) is 7.40. The molecular formula is C22H29ClN4O3. The third-order valence-corrected chi connectivity index (χ3v) is 5.11. The molecule has 0 aromatic heterocycles. The van der Waals surface area contributed by atoms with Crippen LogP contribution < -0.4 is 21.1 Å². The lowest BCUT2D eigenvalue weighted by Gasteiger charge is -2.16. The molecule has 0 spiro atoms. The molecule has 30 heavy (non-hydrogen) atoms. The summed E-state index contributed by atoms with van der Waals surface area (Å²) < 4.78 is 5.25. The number of nitrogens with two attached hydrogens (primary N) is 1. The highest BCUT2D eigenvalue weighted by molar-refractivity contribution is 5.96. The number of hydrogen-bond acceptors (Lipinski definition) is 5. The molecule has 1 aliphatic heterocycles. The number of likely N-dealkylation sites (tertiary alicyclic amines) is 1. The highest BCUT2D eigenvalue weighted by Gasteiger charge is 2.31. The summed E-state index contributed by atoms with van der Waals surface area (Å²) in [4.78, 5) is 26.5. The fraction of sp³-hybridized carbons (Fsp3) is 0.364. The minimum atomic E-state index is -0.303. The van der Waals surface area contributed by atoms with E-state index >= 15 is 0 Å². The molecule has 1 saturated heterocycles. The van der Waals surface area contributed by atoms with Gasteiger partial charge in [-0.15, -0.1) is 12.4 Å². The predicted molar refractivity (Wildman–Crippen MR) is 120 cm³/mol. The molecule has 2 amide bonds. The van der Waals surface area contributed by atoms with Gasteiger partial charge in [0.05, 0.1) is 25.9 Å². The lowest BCUT2D eigenvalue weighted by molar-refractivity contribution is -0.124. The molecule has 0 unspecified atom stereocenters. The maximum atomic E-state index is 12.3. The van der Waals surface area contributed by atoms with Gasteiger partial charge in [0.15, 0.2) is 0 Å². The predicted octanol–water partition coefficient (Wildman–Crippen LogP) is 1.91. The molecule has 0 radical (unpaired) electrons. The average Bonchev–Trinajstić information content (AvgIpc) is 3.07. The van der Waals surface area contributed by atoms with E-state index in [0.717, 1.165) is 12.1 Å². The lowest BCUT2D eigenvalue weighted by Crippen LogP contribution is -2.40. The van der Waals surface area contributed by atoms with Crippen molar-refractivity contribution in [1.82, 2.24) is 10.2 Å². The average molecular weight is 433 g/mol. The number of halogens is 1. The van der Waals surface area contributed by atoms with Crippen molar-refractivity contribution in [1.29, 1.82) is 0 Å². The van der Waals surface area contributed by atoms with Gasteiger partial charge in [-0.2, -0.15) is 0 Å². The molecule has 3 rings (SSSR count). The van der Waals surface area contributed by atoms with Crippen LogP contribution in [0.3, 0.4) is 0 Å². The Balaban J connectivity index is 0.00000320. The molecule has 2 aromatic carbocycles. The van der Waals surface area contributed by atoms with Crippen LogP contribution in [0.1, 0.15) is 17.0 Å². The highest BCUT2D eigenvalue weighted by Crippen LogP contribution is 2.26. The summed E-state index contributed by atoms with van der Waals surface area (Å²) in [6, 6.07) is 15.6. The molecule has 0 aliphatic carbocycles. The summed E-state index contributed by atoms with van der Waals surface area (Å²) in [6.07, 6.45) is 0. The largest absolute Gasteiger partial charge is 0.495 e. The fourth-order valence-corrected chi connectivity index (χ4v) is 3.65. The third-order valence-electron chi connectivity index (χ3n) is 5.11. The van der Waals surface area contributed by atoms with Gasteiger partial charge >= 0.3 is 0 Å². The minimum Gasteiger partial charge on any atom is -0.495 e. The van der Waals surface area contributed by atoms with Crippen LogP contribution >= 0.6 is 12.4 Å². The summed E-state index contributed by atoms with van der Waals surface area (Å²) in [6.45, 7) is 3.43. The minimum absolute atomic E-state index is 0. The number of rotatable bonds is 7. The van der Waals surface area contributed by atoms with Gasteiger partial charge in [0.1, 0.15) is 5.75 Å². The molecule has 8 heteroatoms. The van der Waals surface area contributed by atoms with E-state index in [2.05, 4.69) is 22.8 Å². The van der Waals surface area contributed by atoms with Crippen molar-refractivity contribution in [2.75, 3.05) is 38.6 Å². The molecule has 162 valence electrons. The van der Waals surface area contributed by atoms with Gasteiger partial charge in [0, 0.05) is 25.0 Å². The maximum Gasteiger partial charge on any atom is 0.243 e. The molecular weight excluding hydrogens is 404 g/mol. The summed E-state index contributed by atoms with van der Waals surface area (Å²) in [5, 5.41) is 5.45. The van der Waals surface area contributed by atoms with Crippen molar-refractivity contribution >= 4 is 29.9 Å². The molecule has 1 heterocycles. The first-order valence-corrected chi connectivity index (χ1v) is 9.70. The Morgan fingerprint density at radius 2 is 1.87 bits per heavy atom. The Kier molecular flexibility index (Phi) is 8.65. The Hall–Kier alpha value is -2.61. The van der Waals surface area contributed by atoms with Crippen LogP contribution in [0.25, 0.3) is 0 Å². The number of amides is 2. The molecule has 0 bridgehead atoms. The van der Waals surface area contributed by atoms with Gasteiger partial charge in [-0.05, 0) is 30.2 Å². The van der Waals surface area contributed by atoms with E-state index in [4.69, 9.17) is 10.5 Å². The number of ether oxygens (including phenoxy) is 1. The molecule has 2 atom stereocenters. The van der Waals surface area contributed by atoms with Gasteiger partial charge in [-0.1, -0.05) is 36.4 Å². The Labute approximate surface area is 183 Å². The van der Waals surface area contributed by atoms with E-state index < -0.39 is 0 Å². The Morgan fingerprint density at radius 3 is 2.57 bits per heavy atom. The summed E-state index contributed by atoms with van der Waals surface area (Å²) in [7, 11) is 1.55. The van der Waals surface area contributed by atoms with Crippen molar-refractivity contribution in [2.45, 2.75) is 18.9 Å². The summed E-state index contributed by atoms with van der Waals surface area (Å²) >= 11 is 0. The fourth-order valence-electron chi connectivity index (χ4n) is 3.65. The Bertz CT molecular complexity index is 863. The van der Waals surface area contributed by atoms with E-state index in [0.29, 0.717) is 18.0 Å². The van der Waals surface area contributed by atoms with Crippen LogP contribution in [0.15, 0.2) is 48.5 Å². The number of carbonyl (C=O) groups is 2. The zero-order chi connectivity index (χ0) is 20.8. The van der Waals surface area contributed by atoms with Crippen molar-refractivity contribution < 1.29 is 14.3 Å². The van der Waals surface area contributed by atoms with E-state index in [-0.39, 0.29) is 49.3 Å². The normalized spacial score (nSPS) is 18.4. The molecule has 2 aromatic rings. The van der Waals surface area contributed by atoms with Gasteiger partial charge in [-0.3, -0.25) is 14.5 Å². The van der Waals surface area contributed by atoms with Crippen molar-refractivity contribution in [2.24, 2.45) is 5.73 Å². The van der Waals surface area contributed by atoms with Crippen LogP contribution in [0, 0.1) is 6.92 Å². The quantitative estimate of drug-likeness (QED) is 0.621. The van der Waals surface area contributed by atoms with E-state index in [1.807, 2.05) is 42.2 Å². The first kappa shape index (κ1) is 23.7. The monoisotopic (exact) mass is 432 g/mol. The van der Waals surface area contributed by atoms with Crippen molar-refractivity contribution in [3.8, 4) is 5.75 Å². The van der Waals surface area contributed by atoms with Gasteiger partial charge in [-0.25, -0.2) is 0 Å². The Morgan fingerprint density at radius 1 is 1.13 bits per heavy atom.